The molecule has 4 nitrogen and oxygen atoms in total. The summed E-state index contributed by atoms with van der Waals surface area (Å²) in [4.78, 5) is 0. The number of aromatic nitrogens is 2. The molecule has 0 spiro atoms. The number of alkyl halides is 2. The lowest BCUT2D eigenvalue weighted by atomic mass is 10.1. The normalized spacial score (nSPS) is 12.7. The predicted octanol–water partition coefficient (Wildman–Crippen LogP) is 2.87. The Morgan fingerprint density at radius 1 is 1.37 bits per heavy atom. The van der Waals surface area contributed by atoms with Gasteiger partial charge in [0.1, 0.15) is 11.9 Å². The van der Waals surface area contributed by atoms with Crippen molar-refractivity contribution in [2.75, 3.05) is 0 Å². The van der Waals surface area contributed by atoms with Crippen molar-refractivity contribution < 1.29 is 18.6 Å². The number of benzene rings is 1. The maximum absolute atomic E-state index is 12.3. The summed E-state index contributed by atoms with van der Waals surface area (Å²) in [6, 6.07) is 6.12. The lowest BCUT2D eigenvalue weighted by Crippen LogP contribution is -2.11. The first kappa shape index (κ1) is 14.0. The third-order valence-corrected chi connectivity index (χ3v) is 3.24. The molecule has 0 saturated carbocycles. The zero-order chi connectivity index (χ0) is 14.0. The Hall–Kier alpha value is -1.47. The summed E-state index contributed by atoms with van der Waals surface area (Å²) in [7, 11) is 1.65. The SMILES string of the molecule is Cn1ncc(Br)c1C(O)c1ccccc1OC(F)F. The van der Waals surface area contributed by atoms with Gasteiger partial charge in [0.05, 0.1) is 16.4 Å². The van der Waals surface area contributed by atoms with Crippen molar-refractivity contribution in [2.45, 2.75) is 12.7 Å². The molecule has 2 rings (SSSR count). The van der Waals surface area contributed by atoms with Crippen molar-refractivity contribution >= 4 is 15.9 Å². The highest BCUT2D eigenvalue weighted by Crippen LogP contribution is 2.33. The number of rotatable bonds is 4. The van der Waals surface area contributed by atoms with E-state index in [9.17, 15) is 13.9 Å². The van der Waals surface area contributed by atoms with Crippen molar-refractivity contribution in [3.05, 3.63) is 46.2 Å². The second-order valence-electron chi connectivity index (χ2n) is 3.82. The van der Waals surface area contributed by atoms with Crippen molar-refractivity contribution in [3.63, 3.8) is 0 Å². The quantitative estimate of drug-likeness (QED) is 0.936. The predicted molar refractivity (Wildman–Crippen MR) is 68.0 cm³/mol. The van der Waals surface area contributed by atoms with Gasteiger partial charge in [0.2, 0.25) is 0 Å². The summed E-state index contributed by atoms with van der Waals surface area (Å²) in [6.45, 7) is -2.94. The van der Waals surface area contributed by atoms with Gasteiger partial charge in [-0.1, -0.05) is 18.2 Å². The second kappa shape index (κ2) is 5.66. The summed E-state index contributed by atoms with van der Waals surface area (Å²) in [6.07, 6.45) is 0.409. The molecule has 0 fully saturated rings. The van der Waals surface area contributed by atoms with Gasteiger partial charge in [-0.15, -0.1) is 0 Å². The molecule has 1 unspecified atom stereocenters. The topological polar surface area (TPSA) is 47.3 Å². The zero-order valence-electron chi connectivity index (χ0n) is 9.93. The zero-order valence-corrected chi connectivity index (χ0v) is 11.5. The molecule has 19 heavy (non-hydrogen) atoms. The fraction of sp³-hybridized carbons (Fsp3) is 0.250. The number of ether oxygens (including phenoxy) is 1. The monoisotopic (exact) mass is 332 g/mol. The van der Waals surface area contributed by atoms with Crippen LogP contribution < -0.4 is 4.74 Å². The number of aliphatic hydroxyl groups excluding tert-OH is 1. The van der Waals surface area contributed by atoms with Crippen LogP contribution in [0.3, 0.4) is 0 Å². The Morgan fingerprint density at radius 3 is 2.63 bits per heavy atom. The molecule has 1 heterocycles. The van der Waals surface area contributed by atoms with Crippen LogP contribution in [0.25, 0.3) is 0 Å². The van der Waals surface area contributed by atoms with Gasteiger partial charge in [-0.3, -0.25) is 4.68 Å². The fourth-order valence-corrected chi connectivity index (χ4v) is 2.35. The maximum Gasteiger partial charge on any atom is 0.387 e. The molecule has 1 aromatic heterocycles. The molecule has 7 heteroatoms. The number of halogens is 3. The van der Waals surface area contributed by atoms with Crippen molar-refractivity contribution in [1.82, 2.24) is 9.78 Å². The van der Waals surface area contributed by atoms with E-state index in [1.165, 1.54) is 23.0 Å². The summed E-state index contributed by atoms with van der Waals surface area (Å²) in [5, 5.41) is 14.3. The summed E-state index contributed by atoms with van der Waals surface area (Å²) < 4.78 is 31.1. The first-order chi connectivity index (χ1) is 9.00. The van der Waals surface area contributed by atoms with Gasteiger partial charge in [-0.2, -0.15) is 13.9 Å². The molecule has 102 valence electrons. The maximum atomic E-state index is 12.3. The Labute approximate surface area is 116 Å². The van der Waals surface area contributed by atoms with Crippen LogP contribution in [-0.2, 0) is 7.05 Å². The van der Waals surface area contributed by atoms with Crippen LogP contribution in [0.5, 0.6) is 5.75 Å². The smallest absolute Gasteiger partial charge is 0.387 e. The molecular formula is C12H11BrF2N2O2. The van der Waals surface area contributed by atoms with E-state index in [2.05, 4.69) is 25.8 Å². The van der Waals surface area contributed by atoms with Gasteiger partial charge < -0.3 is 9.84 Å². The van der Waals surface area contributed by atoms with E-state index in [-0.39, 0.29) is 11.3 Å². The number of hydrogen-bond acceptors (Lipinski definition) is 3. The van der Waals surface area contributed by atoms with Crippen molar-refractivity contribution in [3.8, 4) is 5.75 Å². The Bertz CT molecular complexity index is 555. The molecular weight excluding hydrogens is 322 g/mol. The van der Waals surface area contributed by atoms with Crippen LogP contribution in [0, 0.1) is 0 Å². The fourth-order valence-electron chi connectivity index (χ4n) is 1.78. The summed E-state index contributed by atoms with van der Waals surface area (Å²) >= 11 is 3.26. The van der Waals surface area contributed by atoms with Crippen LogP contribution >= 0.6 is 15.9 Å². The van der Waals surface area contributed by atoms with Gasteiger partial charge in [0.15, 0.2) is 0 Å². The van der Waals surface area contributed by atoms with Gasteiger partial charge in [-0.05, 0) is 22.0 Å². The highest BCUT2D eigenvalue weighted by Gasteiger charge is 2.22. The molecule has 0 saturated heterocycles. The third kappa shape index (κ3) is 2.93. The van der Waals surface area contributed by atoms with E-state index in [0.29, 0.717) is 10.2 Å². The first-order valence-electron chi connectivity index (χ1n) is 5.40. The second-order valence-corrected chi connectivity index (χ2v) is 4.67. The Kier molecular flexibility index (Phi) is 4.16. The molecule has 0 radical (unpaired) electrons. The van der Waals surface area contributed by atoms with Crippen LogP contribution in [0.15, 0.2) is 34.9 Å². The minimum atomic E-state index is -2.94. The lowest BCUT2D eigenvalue weighted by molar-refractivity contribution is -0.0513. The number of aryl methyl sites for hydroxylation is 1. The third-order valence-electron chi connectivity index (χ3n) is 2.63. The van der Waals surface area contributed by atoms with Gasteiger partial charge in [-0.25, -0.2) is 0 Å². The molecule has 0 amide bonds. The largest absolute Gasteiger partial charge is 0.434 e. The minimum absolute atomic E-state index is 0.0573. The molecule has 1 atom stereocenters. The molecule has 1 aromatic carbocycles. The number of nitrogens with zero attached hydrogens (tertiary/aromatic N) is 2. The first-order valence-corrected chi connectivity index (χ1v) is 6.19. The van der Waals surface area contributed by atoms with E-state index in [1.54, 1.807) is 19.2 Å². The van der Waals surface area contributed by atoms with E-state index in [0.717, 1.165) is 0 Å². The molecule has 0 aliphatic heterocycles. The van der Waals surface area contributed by atoms with Crippen molar-refractivity contribution in [1.29, 1.82) is 0 Å². The van der Waals surface area contributed by atoms with E-state index in [1.807, 2.05) is 0 Å². The van der Waals surface area contributed by atoms with Crippen LogP contribution in [-0.4, -0.2) is 21.5 Å². The van der Waals surface area contributed by atoms with Crippen LogP contribution in [0.1, 0.15) is 17.4 Å². The van der Waals surface area contributed by atoms with Crippen molar-refractivity contribution in [2.24, 2.45) is 7.05 Å². The van der Waals surface area contributed by atoms with Crippen LogP contribution in [0.2, 0.25) is 0 Å². The molecule has 0 bridgehead atoms. The minimum Gasteiger partial charge on any atom is -0.434 e. The molecule has 2 aromatic rings. The highest BCUT2D eigenvalue weighted by atomic mass is 79.9. The average molecular weight is 333 g/mol. The molecule has 1 N–H and O–H groups in total. The number of hydrogen-bond donors (Lipinski definition) is 1. The lowest BCUT2D eigenvalue weighted by Gasteiger charge is -2.16. The van der Waals surface area contributed by atoms with E-state index in [4.69, 9.17) is 0 Å². The van der Waals surface area contributed by atoms with Gasteiger partial charge in [0.25, 0.3) is 0 Å². The molecule has 0 aliphatic carbocycles. The van der Waals surface area contributed by atoms with Gasteiger partial charge in [0, 0.05) is 12.6 Å². The Balaban J connectivity index is 2.41. The summed E-state index contributed by atoms with van der Waals surface area (Å²) in [5.74, 6) is -0.0573. The standard InChI is InChI=1S/C12H11BrF2N2O2/c1-17-10(8(13)6-16-17)11(18)7-4-2-3-5-9(7)19-12(14)15/h2-6,11-12,18H,1H3. The van der Waals surface area contributed by atoms with Crippen LogP contribution in [0.4, 0.5) is 8.78 Å². The number of aliphatic hydroxyl groups is 1. The number of para-hydroxylation sites is 1. The van der Waals surface area contributed by atoms with Gasteiger partial charge >= 0.3 is 6.61 Å². The highest BCUT2D eigenvalue weighted by molar-refractivity contribution is 9.10. The Morgan fingerprint density at radius 2 is 2.05 bits per heavy atom. The summed E-state index contributed by atoms with van der Waals surface area (Å²) in [5.41, 5.74) is 0.720. The molecule has 0 aliphatic rings. The van der Waals surface area contributed by atoms with E-state index >= 15 is 0 Å². The van der Waals surface area contributed by atoms with E-state index < -0.39 is 12.7 Å². The average Bonchev–Trinajstić information content (AvgIpc) is 2.68.